The lowest BCUT2D eigenvalue weighted by molar-refractivity contribution is 0.0930. The van der Waals surface area contributed by atoms with E-state index in [-0.39, 0.29) is 11.9 Å². The summed E-state index contributed by atoms with van der Waals surface area (Å²) < 4.78 is 1.84. The molecule has 0 unspecified atom stereocenters. The third-order valence-electron chi connectivity index (χ3n) is 2.53. The van der Waals surface area contributed by atoms with Crippen molar-refractivity contribution < 1.29 is 4.79 Å². The Labute approximate surface area is 115 Å². The minimum Gasteiger partial charge on any atom is -0.348 e. The topological polar surface area (TPSA) is 41.1 Å². The second-order valence-corrected chi connectivity index (χ2v) is 7.50. The number of piperidine rings is 1. The molecule has 1 atom stereocenters. The summed E-state index contributed by atoms with van der Waals surface area (Å²) in [7, 11) is 0. The molecule has 6 heteroatoms. The summed E-state index contributed by atoms with van der Waals surface area (Å²) in [5.41, 5.74) is 0.711. The highest BCUT2D eigenvalue weighted by molar-refractivity contribution is 9.12. The number of hydrogen-bond acceptors (Lipinski definition) is 3. The zero-order chi connectivity index (χ0) is 11.5. The first-order valence-corrected chi connectivity index (χ1v) is 7.53. The van der Waals surface area contributed by atoms with Gasteiger partial charge >= 0.3 is 0 Å². The van der Waals surface area contributed by atoms with Crippen molar-refractivity contribution in [3.63, 3.8) is 0 Å². The summed E-state index contributed by atoms with van der Waals surface area (Å²) in [5, 5.41) is 6.32. The Bertz CT molecular complexity index is 388. The van der Waals surface area contributed by atoms with E-state index < -0.39 is 0 Å². The molecule has 3 nitrogen and oxygen atoms in total. The van der Waals surface area contributed by atoms with Crippen LogP contribution in [0.3, 0.4) is 0 Å². The van der Waals surface area contributed by atoms with Gasteiger partial charge in [-0.3, -0.25) is 4.79 Å². The van der Waals surface area contributed by atoms with Crippen LogP contribution in [0.25, 0.3) is 0 Å². The second kappa shape index (κ2) is 5.62. The molecule has 0 spiro atoms. The van der Waals surface area contributed by atoms with E-state index >= 15 is 0 Å². The van der Waals surface area contributed by atoms with E-state index in [0.29, 0.717) is 5.56 Å². The van der Waals surface area contributed by atoms with Crippen molar-refractivity contribution in [3.05, 3.63) is 19.2 Å². The van der Waals surface area contributed by atoms with Gasteiger partial charge in [-0.25, -0.2) is 0 Å². The molecule has 88 valence electrons. The molecule has 0 radical (unpaired) electrons. The number of carbonyl (C=O) groups excluding carboxylic acids is 1. The van der Waals surface area contributed by atoms with Gasteiger partial charge in [0, 0.05) is 12.6 Å². The normalized spacial score (nSPS) is 20.8. The highest BCUT2D eigenvalue weighted by Gasteiger charge is 2.19. The van der Waals surface area contributed by atoms with Crippen molar-refractivity contribution in [2.24, 2.45) is 0 Å². The Balaban J connectivity index is 1.99. The number of hydrogen-bond donors (Lipinski definition) is 2. The smallest absolute Gasteiger partial charge is 0.253 e. The average molecular weight is 368 g/mol. The van der Waals surface area contributed by atoms with Gasteiger partial charge in [0.05, 0.1) is 13.1 Å². The molecule has 1 amide bonds. The molecule has 1 fully saturated rings. The van der Waals surface area contributed by atoms with E-state index in [2.05, 4.69) is 42.5 Å². The molecule has 1 aromatic rings. The van der Waals surface area contributed by atoms with Gasteiger partial charge in [-0.2, -0.15) is 0 Å². The lowest BCUT2D eigenvalue weighted by Crippen LogP contribution is -2.45. The number of nitrogens with one attached hydrogen (secondary N) is 2. The van der Waals surface area contributed by atoms with Crippen LogP contribution >= 0.6 is 43.2 Å². The van der Waals surface area contributed by atoms with Gasteiger partial charge in [0.2, 0.25) is 0 Å². The van der Waals surface area contributed by atoms with Crippen LogP contribution in [0.4, 0.5) is 0 Å². The van der Waals surface area contributed by atoms with Crippen LogP contribution in [0, 0.1) is 0 Å². The molecule has 0 bridgehead atoms. The number of halogens is 2. The van der Waals surface area contributed by atoms with E-state index in [1.807, 2.05) is 6.07 Å². The molecule has 0 aliphatic carbocycles. The summed E-state index contributed by atoms with van der Waals surface area (Å²) in [6.07, 6.45) is 2.18. The zero-order valence-corrected chi connectivity index (χ0v) is 12.5. The van der Waals surface area contributed by atoms with Crippen LogP contribution in [0.1, 0.15) is 23.2 Å². The van der Waals surface area contributed by atoms with E-state index in [0.717, 1.165) is 33.5 Å². The number of thiophene rings is 1. The first-order chi connectivity index (χ1) is 7.66. The summed E-state index contributed by atoms with van der Waals surface area (Å²) in [6, 6.07) is 2.10. The first-order valence-electron chi connectivity index (χ1n) is 5.13. The van der Waals surface area contributed by atoms with Gasteiger partial charge in [-0.05, 0) is 57.3 Å². The lowest BCUT2D eigenvalue weighted by Gasteiger charge is -2.23. The fourth-order valence-corrected chi connectivity index (χ4v) is 4.53. The van der Waals surface area contributed by atoms with E-state index in [4.69, 9.17) is 0 Å². The molecule has 0 aromatic carbocycles. The second-order valence-electron chi connectivity index (χ2n) is 3.75. The quantitative estimate of drug-likeness (QED) is 0.843. The van der Waals surface area contributed by atoms with Crippen LogP contribution in [-0.4, -0.2) is 25.0 Å². The molecule has 1 aromatic heterocycles. The maximum atomic E-state index is 12.0. The summed E-state index contributed by atoms with van der Waals surface area (Å²) in [5.74, 6) is 0.00234. The number of carbonyl (C=O) groups is 1. The monoisotopic (exact) mass is 366 g/mol. The Morgan fingerprint density at radius 3 is 2.94 bits per heavy atom. The van der Waals surface area contributed by atoms with Gasteiger partial charge in [0.15, 0.2) is 0 Å². The molecule has 2 heterocycles. The van der Waals surface area contributed by atoms with Crippen LogP contribution in [0.5, 0.6) is 0 Å². The maximum Gasteiger partial charge on any atom is 0.253 e. The van der Waals surface area contributed by atoms with Gasteiger partial charge in [-0.1, -0.05) is 0 Å². The SMILES string of the molecule is O=C(N[C@@H]1CCCNC1)c1cc(Br)sc1Br. The van der Waals surface area contributed by atoms with Gasteiger partial charge < -0.3 is 10.6 Å². The largest absolute Gasteiger partial charge is 0.348 e. The van der Waals surface area contributed by atoms with Crippen molar-refractivity contribution in [2.75, 3.05) is 13.1 Å². The molecule has 16 heavy (non-hydrogen) atoms. The van der Waals surface area contributed by atoms with Crippen molar-refractivity contribution in [3.8, 4) is 0 Å². The molecular weight excluding hydrogens is 356 g/mol. The minimum absolute atomic E-state index is 0.00234. The lowest BCUT2D eigenvalue weighted by atomic mass is 10.1. The molecule has 1 aliphatic heterocycles. The Hall–Kier alpha value is 0.0900. The molecule has 0 saturated carbocycles. The minimum atomic E-state index is 0.00234. The Kier molecular flexibility index (Phi) is 4.41. The zero-order valence-electron chi connectivity index (χ0n) is 8.56. The van der Waals surface area contributed by atoms with Crippen LogP contribution in [0.2, 0.25) is 0 Å². The van der Waals surface area contributed by atoms with Crippen LogP contribution in [0.15, 0.2) is 13.6 Å². The predicted molar refractivity (Wildman–Crippen MR) is 73.1 cm³/mol. The third kappa shape index (κ3) is 3.06. The standard InChI is InChI=1S/C10H12Br2N2OS/c11-8-4-7(9(12)16-8)10(15)14-6-2-1-3-13-5-6/h4,6,13H,1-3,5H2,(H,14,15)/t6-/m1/s1. The fourth-order valence-electron chi connectivity index (χ4n) is 1.73. The summed E-state index contributed by atoms with van der Waals surface area (Å²) in [6.45, 7) is 1.93. The van der Waals surface area contributed by atoms with Gasteiger partial charge in [0.1, 0.15) is 0 Å². The molecule has 1 saturated heterocycles. The third-order valence-corrected chi connectivity index (χ3v) is 4.87. The first kappa shape index (κ1) is 12.5. The molecule has 2 rings (SSSR count). The van der Waals surface area contributed by atoms with E-state index in [1.165, 1.54) is 11.3 Å². The average Bonchev–Trinajstić information content (AvgIpc) is 2.59. The highest BCUT2D eigenvalue weighted by Crippen LogP contribution is 2.31. The maximum absolute atomic E-state index is 12.0. The Morgan fingerprint density at radius 1 is 1.56 bits per heavy atom. The van der Waals surface area contributed by atoms with Crippen molar-refractivity contribution in [1.29, 1.82) is 0 Å². The van der Waals surface area contributed by atoms with E-state index in [1.54, 1.807) is 0 Å². The number of amides is 1. The fraction of sp³-hybridized carbons (Fsp3) is 0.500. The molecular formula is C10H12Br2N2OS. The van der Waals surface area contributed by atoms with Crippen molar-refractivity contribution >= 4 is 49.1 Å². The van der Waals surface area contributed by atoms with Crippen molar-refractivity contribution in [1.82, 2.24) is 10.6 Å². The highest BCUT2D eigenvalue weighted by atomic mass is 79.9. The Morgan fingerprint density at radius 2 is 2.38 bits per heavy atom. The summed E-state index contributed by atoms with van der Waals surface area (Å²) >= 11 is 8.28. The van der Waals surface area contributed by atoms with Gasteiger partial charge in [-0.15, -0.1) is 11.3 Å². The summed E-state index contributed by atoms with van der Waals surface area (Å²) in [4.78, 5) is 12.0. The molecule has 2 N–H and O–H groups in total. The predicted octanol–water partition coefficient (Wildman–Crippen LogP) is 2.75. The number of rotatable bonds is 2. The van der Waals surface area contributed by atoms with Crippen LogP contribution < -0.4 is 10.6 Å². The van der Waals surface area contributed by atoms with Crippen molar-refractivity contribution in [2.45, 2.75) is 18.9 Å². The van der Waals surface area contributed by atoms with Crippen LogP contribution in [-0.2, 0) is 0 Å². The van der Waals surface area contributed by atoms with E-state index in [9.17, 15) is 4.79 Å². The molecule has 1 aliphatic rings. The van der Waals surface area contributed by atoms with Gasteiger partial charge in [0.25, 0.3) is 5.91 Å².